The fourth-order valence-electron chi connectivity index (χ4n) is 3.11. The highest BCUT2D eigenvalue weighted by Gasteiger charge is 2.24. The van der Waals surface area contributed by atoms with Gasteiger partial charge in [0.2, 0.25) is 0 Å². The van der Waals surface area contributed by atoms with Crippen LogP contribution in [0.5, 0.6) is 0 Å². The van der Waals surface area contributed by atoms with Crippen molar-refractivity contribution in [3.63, 3.8) is 0 Å². The van der Waals surface area contributed by atoms with E-state index in [1.165, 1.54) is 12.5 Å². The lowest BCUT2D eigenvalue weighted by molar-refractivity contribution is 0.0880. The summed E-state index contributed by atoms with van der Waals surface area (Å²) in [5.74, 6) is 1.24. The predicted molar refractivity (Wildman–Crippen MR) is 87.4 cm³/mol. The van der Waals surface area contributed by atoms with Gasteiger partial charge in [0.1, 0.15) is 5.76 Å². The van der Waals surface area contributed by atoms with Gasteiger partial charge in [-0.1, -0.05) is 25.8 Å². The summed E-state index contributed by atoms with van der Waals surface area (Å²) in [4.78, 5) is 24.0. The molecule has 0 aromatic carbocycles. The molecule has 1 amide bonds. The van der Waals surface area contributed by atoms with Crippen LogP contribution in [0, 0.1) is 5.92 Å². The molecule has 3 rings (SSSR count). The maximum absolute atomic E-state index is 12.3. The minimum Gasteiger partial charge on any atom is -0.454 e. The van der Waals surface area contributed by atoms with E-state index in [0.717, 1.165) is 19.3 Å². The SMILES string of the molecule is CC1CCCCC1NC(=O)c1ccc(Cn2ccccc2=O)o1. The summed E-state index contributed by atoms with van der Waals surface area (Å²) in [6, 6.07) is 8.64. The fourth-order valence-corrected chi connectivity index (χ4v) is 3.11. The molecule has 122 valence electrons. The van der Waals surface area contributed by atoms with E-state index in [2.05, 4.69) is 12.2 Å². The summed E-state index contributed by atoms with van der Waals surface area (Å²) in [5, 5.41) is 3.07. The number of furan rings is 1. The lowest BCUT2D eigenvalue weighted by Crippen LogP contribution is -2.40. The van der Waals surface area contributed by atoms with Gasteiger partial charge in [-0.3, -0.25) is 9.59 Å². The molecule has 2 unspecified atom stereocenters. The molecule has 2 aromatic heterocycles. The van der Waals surface area contributed by atoms with Crippen LogP contribution >= 0.6 is 0 Å². The number of rotatable bonds is 4. The van der Waals surface area contributed by atoms with Crippen LogP contribution in [0.4, 0.5) is 0 Å². The number of hydrogen-bond donors (Lipinski definition) is 1. The second-order valence-electron chi connectivity index (χ2n) is 6.27. The van der Waals surface area contributed by atoms with Crippen molar-refractivity contribution in [2.45, 2.75) is 45.2 Å². The Morgan fingerprint density at radius 2 is 2.09 bits per heavy atom. The average molecular weight is 314 g/mol. The van der Waals surface area contributed by atoms with Gasteiger partial charge in [-0.2, -0.15) is 0 Å². The lowest BCUT2D eigenvalue weighted by atomic mass is 9.86. The van der Waals surface area contributed by atoms with E-state index in [9.17, 15) is 9.59 Å². The summed E-state index contributed by atoms with van der Waals surface area (Å²) in [7, 11) is 0. The van der Waals surface area contributed by atoms with Gasteiger partial charge in [-0.15, -0.1) is 0 Å². The van der Waals surface area contributed by atoms with Crippen molar-refractivity contribution in [3.05, 3.63) is 58.4 Å². The van der Waals surface area contributed by atoms with Crippen LogP contribution in [0.1, 0.15) is 48.9 Å². The molecule has 5 nitrogen and oxygen atoms in total. The molecule has 1 aliphatic carbocycles. The Hall–Kier alpha value is -2.30. The minimum atomic E-state index is -0.171. The van der Waals surface area contributed by atoms with E-state index in [1.807, 2.05) is 0 Å². The molecule has 0 aliphatic heterocycles. The number of carbonyl (C=O) groups excluding carboxylic acids is 1. The maximum atomic E-state index is 12.3. The van der Waals surface area contributed by atoms with Crippen molar-refractivity contribution in [2.75, 3.05) is 0 Å². The van der Waals surface area contributed by atoms with Crippen molar-refractivity contribution in [1.29, 1.82) is 0 Å². The number of pyridine rings is 1. The highest BCUT2D eigenvalue weighted by molar-refractivity contribution is 5.91. The third kappa shape index (κ3) is 3.73. The first kappa shape index (κ1) is 15.6. The molecule has 23 heavy (non-hydrogen) atoms. The first-order valence-electron chi connectivity index (χ1n) is 8.18. The van der Waals surface area contributed by atoms with Crippen LogP contribution in [0.15, 0.2) is 45.7 Å². The predicted octanol–water partition coefficient (Wildman–Crippen LogP) is 2.80. The third-order valence-electron chi connectivity index (χ3n) is 4.54. The Balaban J connectivity index is 1.65. The molecule has 0 spiro atoms. The molecule has 5 heteroatoms. The summed E-state index contributed by atoms with van der Waals surface area (Å²) < 4.78 is 7.15. The maximum Gasteiger partial charge on any atom is 0.287 e. The van der Waals surface area contributed by atoms with Gasteiger partial charge < -0.3 is 14.3 Å². The molecule has 0 bridgehead atoms. The molecule has 2 aromatic rings. The number of carbonyl (C=O) groups is 1. The Bertz CT molecular complexity index is 732. The monoisotopic (exact) mass is 314 g/mol. The topological polar surface area (TPSA) is 64.2 Å². The Labute approximate surface area is 135 Å². The van der Waals surface area contributed by atoms with Gasteiger partial charge in [-0.05, 0) is 37.0 Å². The number of amides is 1. The second kappa shape index (κ2) is 6.86. The fraction of sp³-hybridized carbons (Fsp3) is 0.444. The van der Waals surface area contributed by atoms with Crippen molar-refractivity contribution in [1.82, 2.24) is 9.88 Å². The van der Waals surface area contributed by atoms with E-state index in [1.54, 1.807) is 35.0 Å². The van der Waals surface area contributed by atoms with Gasteiger partial charge in [0.15, 0.2) is 5.76 Å². The molecule has 1 saturated carbocycles. The zero-order chi connectivity index (χ0) is 16.2. The third-order valence-corrected chi connectivity index (χ3v) is 4.54. The van der Waals surface area contributed by atoms with E-state index in [0.29, 0.717) is 24.0 Å². The molecular weight excluding hydrogens is 292 g/mol. The molecule has 2 heterocycles. The number of aromatic nitrogens is 1. The summed E-state index contributed by atoms with van der Waals surface area (Å²) in [5.41, 5.74) is -0.0917. The summed E-state index contributed by atoms with van der Waals surface area (Å²) in [6.45, 7) is 2.51. The van der Waals surface area contributed by atoms with Crippen LogP contribution in [0.25, 0.3) is 0 Å². The molecule has 0 saturated heterocycles. The first-order valence-corrected chi connectivity index (χ1v) is 8.18. The highest BCUT2D eigenvalue weighted by atomic mass is 16.4. The summed E-state index contributed by atoms with van der Waals surface area (Å²) >= 11 is 0. The van der Waals surface area contributed by atoms with Crippen LogP contribution < -0.4 is 10.9 Å². The molecule has 2 atom stereocenters. The number of nitrogens with one attached hydrogen (secondary N) is 1. The van der Waals surface area contributed by atoms with Gasteiger partial charge in [0.05, 0.1) is 6.54 Å². The zero-order valence-electron chi connectivity index (χ0n) is 13.3. The Morgan fingerprint density at radius 1 is 1.26 bits per heavy atom. The van der Waals surface area contributed by atoms with Crippen molar-refractivity contribution < 1.29 is 9.21 Å². The highest BCUT2D eigenvalue weighted by Crippen LogP contribution is 2.24. The summed E-state index contributed by atoms with van der Waals surface area (Å²) in [6.07, 6.45) is 6.29. The second-order valence-corrected chi connectivity index (χ2v) is 6.27. The molecule has 1 aliphatic rings. The van der Waals surface area contributed by atoms with Crippen molar-refractivity contribution >= 4 is 5.91 Å². The van der Waals surface area contributed by atoms with E-state index in [4.69, 9.17) is 4.42 Å². The quantitative estimate of drug-likeness (QED) is 0.944. The average Bonchev–Trinajstić information content (AvgIpc) is 3.01. The largest absolute Gasteiger partial charge is 0.454 e. The standard InChI is InChI=1S/C18H22N2O3/c1-13-6-2-3-7-15(13)19-18(22)16-10-9-14(23-16)12-20-11-5-4-8-17(20)21/h4-5,8-11,13,15H,2-3,6-7,12H2,1H3,(H,19,22). The van der Waals surface area contributed by atoms with E-state index >= 15 is 0 Å². The van der Waals surface area contributed by atoms with Crippen LogP contribution in [0.3, 0.4) is 0 Å². The first-order chi connectivity index (χ1) is 11.1. The van der Waals surface area contributed by atoms with Gasteiger partial charge >= 0.3 is 0 Å². The Morgan fingerprint density at radius 3 is 2.87 bits per heavy atom. The zero-order valence-corrected chi connectivity index (χ0v) is 13.3. The van der Waals surface area contributed by atoms with Crippen LogP contribution in [-0.4, -0.2) is 16.5 Å². The number of nitrogens with zero attached hydrogens (tertiary/aromatic N) is 1. The Kier molecular flexibility index (Phi) is 4.65. The van der Waals surface area contributed by atoms with Crippen LogP contribution in [0.2, 0.25) is 0 Å². The molecule has 1 N–H and O–H groups in total. The minimum absolute atomic E-state index is 0.0917. The van der Waals surface area contributed by atoms with E-state index < -0.39 is 0 Å². The number of hydrogen-bond acceptors (Lipinski definition) is 3. The smallest absolute Gasteiger partial charge is 0.287 e. The molecular formula is C18H22N2O3. The van der Waals surface area contributed by atoms with Gasteiger partial charge in [0, 0.05) is 18.3 Å². The van der Waals surface area contributed by atoms with Crippen LogP contribution in [-0.2, 0) is 6.54 Å². The van der Waals surface area contributed by atoms with Gasteiger partial charge in [0.25, 0.3) is 11.5 Å². The lowest BCUT2D eigenvalue weighted by Gasteiger charge is -2.29. The molecule has 1 fully saturated rings. The van der Waals surface area contributed by atoms with E-state index in [-0.39, 0.29) is 17.5 Å². The van der Waals surface area contributed by atoms with Crippen molar-refractivity contribution in [3.8, 4) is 0 Å². The van der Waals surface area contributed by atoms with Gasteiger partial charge in [-0.25, -0.2) is 0 Å². The van der Waals surface area contributed by atoms with Crippen molar-refractivity contribution in [2.24, 2.45) is 5.92 Å². The normalized spacial score (nSPS) is 21.1. The molecule has 0 radical (unpaired) electrons.